The Balaban J connectivity index is 1.68. The van der Waals surface area contributed by atoms with Crippen LogP contribution in [0.25, 0.3) is 11.3 Å². The lowest BCUT2D eigenvalue weighted by Crippen LogP contribution is -2.44. The van der Waals surface area contributed by atoms with Crippen LogP contribution in [0, 0.1) is 0 Å². The normalized spacial score (nSPS) is 17.5. The zero-order chi connectivity index (χ0) is 18.9. The Hall–Kier alpha value is -2.83. The molecule has 1 aromatic carbocycles. The van der Waals surface area contributed by atoms with Crippen LogP contribution in [0.3, 0.4) is 0 Å². The highest BCUT2D eigenvalue weighted by Gasteiger charge is 2.37. The first-order chi connectivity index (χ1) is 12.3. The average Bonchev–Trinajstić information content (AvgIpc) is 3.21. The van der Waals surface area contributed by atoms with E-state index in [2.05, 4.69) is 15.5 Å². The van der Waals surface area contributed by atoms with Crippen LogP contribution in [-0.4, -0.2) is 52.1 Å². The lowest BCUT2D eigenvalue weighted by molar-refractivity contribution is -0.131. The number of hydrogen-bond donors (Lipinski definition) is 2. The number of nitrogens with one attached hydrogen (secondary N) is 2. The Kier molecular flexibility index (Phi) is 4.71. The van der Waals surface area contributed by atoms with Crippen molar-refractivity contribution in [2.75, 3.05) is 13.7 Å². The number of aromatic nitrogens is 2. The molecular weight excluding hydrogens is 332 g/mol. The van der Waals surface area contributed by atoms with Gasteiger partial charge in [0.2, 0.25) is 5.91 Å². The van der Waals surface area contributed by atoms with Crippen molar-refractivity contribution in [2.24, 2.45) is 0 Å². The number of aromatic amines is 1. The van der Waals surface area contributed by atoms with Gasteiger partial charge in [-0.05, 0) is 39.0 Å². The van der Waals surface area contributed by atoms with E-state index < -0.39 is 0 Å². The lowest BCUT2D eigenvalue weighted by atomic mass is 10.1. The Morgan fingerprint density at radius 1 is 1.35 bits per heavy atom. The fraction of sp³-hybridized carbons (Fsp3) is 0.421. The topological polar surface area (TPSA) is 87.3 Å². The third-order valence-electron chi connectivity index (χ3n) is 4.46. The molecule has 26 heavy (non-hydrogen) atoms. The fourth-order valence-corrected chi connectivity index (χ4v) is 3.08. The molecule has 138 valence electrons. The highest BCUT2D eigenvalue weighted by Crippen LogP contribution is 2.24. The molecule has 1 fully saturated rings. The Morgan fingerprint density at radius 2 is 2.12 bits per heavy atom. The molecule has 2 N–H and O–H groups in total. The number of ether oxygens (including phenoxy) is 1. The van der Waals surface area contributed by atoms with E-state index in [4.69, 9.17) is 4.74 Å². The van der Waals surface area contributed by atoms with Crippen molar-refractivity contribution in [3.05, 3.63) is 36.0 Å². The second kappa shape index (κ2) is 6.82. The molecule has 7 nitrogen and oxygen atoms in total. The number of rotatable bonds is 4. The fourth-order valence-electron chi connectivity index (χ4n) is 3.08. The zero-order valence-electron chi connectivity index (χ0n) is 15.5. The Bertz CT molecular complexity index is 822. The van der Waals surface area contributed by atoms with Crippen LogP contribution < -0.4 is 10.1 Å². The third kappa shape index (κ3) is 3.71. The minimum Gasteiger partial charge on any atom is -0.497 e. The van der Waals surface area contributed by atoms with Crippen LogP contribution in [0.2, 0.25) is 0 Å². The summed E-state index contributed by atoms with van der Waals surface area (Å²) in [5, 5.41) is 9.89. The van der Waals surface area contributed by atoms with Gasteiger partial charge in [-0.2, -0.15) is 5.10 Å². The van der Waals surface area contributed by atoms with E-state index in [0.717, 1.165) is 11.3 Å². The van der Waals surface area contributed by atoms with Gasteiger partial charge in [0.1, 0.15) is 11.4 Å². The van der Waals surface area contributed by atoms with Gasteiger partial charge < -0.3 is 15.0 Å². The molecule has 0 radical (unpaired) electrons. The van der Waals surface area contributed by atoms with Gasteiger partial charge in [-0.1, -0.05) is 12.1 Å². The molecule has 1 aliphatic heterocycles. The van der Waals surface area contributed by atoms with Gasteiger partial charge in [-0.15, -0.1) is 0 Å². The maximum absolute atomic E-state index is 12.5. The number of hydrogen-bond acceptors (Lipinski definition) is 4. The summed E-state index contributed by atoms with van der Waals surface area (Å²) in [5.41, 5.74) is 1.64. The second-order valence-corrected chi connectivity index (χ2v) is 7.45. The zero-order valence-corrected chi connectivity index (χ0v) is 15.5. The van der Waals surface area contributed by atoms with Crippen molar-refractivity contribution >= 4 is 11.8 Å². The summed E-state index contributed by atoms with van der Waals surface area (Å²) < 4.78 is 5.21. The first-order valence-corrected chi connectivity index (χ1v) is 8.59. The summed E-state index contributed by atoms with van der Waals surface area (Å²) >= 11 is 0. The summed E-state index contributed by atoms with van der Waals surface area (Å²) in [5.74, 6) is 0.521. The Morgan fingerprint density at radius 3 is 2.77 bits per heavy atom. The third-order valence-corrected chi connectivity index (χ3v) is 4.46. The molecule has 1 unspecified atom stereocenters. The number of methoxy groups -OCH3 is 1. The SMILES string of the molecule is COc1cccc(-c2cc(C(=O)NC3CC(=O)N(C(C)(C)C)C3)[nH]n2)c1. The molecule has 2 aromatic rings. The summed E-state index contributed by atoms with van der Waals surface area (Å²) in [4.78, 5) is 26.4. The molecular formula is C19H24N4O3. The molecule has 2 heterocycles. The van der Waals surface area contributed by atoms with E-state index >= 15 is 0 Å². The standard InChI is InChI=1S/C19H24N4O3/c1-19(2,3)23-11-13(9-17(23)24)20-18(25)16-10-15(21-22-16)12-6-5-7-14(8-12)26-4/h5-8,10,13H,9,11H2,1-4H3,(H,20,25)(H,21,22). The van der Waals surface area contributed by atoms with E-state index in [1.165, 1.54) is 0 Å². The molecule has 0 spiro atoms. The molecule has 0 bridgehead atoms. The van der Waals surface area contributed by atoms with Crippen molar-refractivity contribution < 1.29 is 14.3 Å². The molecule has 1 saturated heterocycles. The number of likely N-dealkylation sites (tertiary alicyclic amines) is 1. The van der Waals surface area contributed by atoms with E-state index in [0.29, 0.717) is 24.4 Å². The Labute approximate surface area is 152 Å². The molecule has 7 heteroatoms. The van der Waals surface area contributed by atoms with Gasteiger partial charge in [0.15, 0.2) is 0 Å². The highest BCUT2D eigenvalue weighted by atomic mass is 16.5. The van der Waals surface area contributed by atoms with Crippen LogP contribution in [0.5, 0.6) is 5.75 Å². The summed E-state index contributed by atoms with van der Waals surface area (Å²) in [6, 6.07) is 8.97. The van der Waals surface area contributed by atoms with Gasteiger partial charge >= 0.3 is 0 Å². The molecule has 1 atom stereocenters. The van der Waals surface area contributed by atoms with Crippen molar-refractivity contribution in [2.45, 2.75) is 38.8 Å². The van der Waals surface area contributed by atoms with Crippen LogP contribution >= 0.6 is 0 Å². The summed E-state index contributed by atoms with van der Waals surface area (Å²) in [7, 11) is 1.60. The predicted octanol–water partition coefficient (Wildman–Crippen LogP) is 2.21. The average molecular weight is 356 g/mol. The number of nitrogens with zero attached hydrogens (tertiary/aromatic N) is 2. The lowest BCUT2D eigenvalue weighted by Gasteiger charge is -2.32. The molecule has 0 saturated carbocycles. The molecule has 1 aromatic heterocycles. The first-order valence-electron chi connectivity index (χ1n) is 8.59. The number of carbonyl (C=O) groups excluding carboxylic acids is 2. The van der Waals surface area contributed by atoms with E-state index in [-0.39, 0.29) is 23.4 Å². The smallest absolute Gasteiger partial charge is 0.269 e. The van der Waals surface area contributed by atoms with E-state index in [9.17, 15) is 9.59 Å². The van der Waals surface area contributed by atoms with E-state index in [1.54, 1.807) is 18.1 Å². The van der Waals surface area contributed by atoms with Crippen molar-refractivity contribution in [3.63, 3.8) is 0 Å². The monoisotopic (exact) mass is 356 g/mol. The van der Waals surface area contributed by atoms with Crippen LogP contribution in [-0.2, 0) is 4.79 Å². The van der Waals surface area contributed by atoms with Gasteiger partial charge in [0.25, 0.3) is 5.91 Å². The summed E-state index contributed by atoms with van der Waals surface area (Å²) in [6.45, 7) is 6.49. The maximum Gasteiger partial charge on any atom is 0.269 e. The molecule has 2 amide bonds. The highest BCUT2D eigenvalue weighted by molar-refractivity contribution is 5.94. The molecule has 0 aliphatic carbocycles. The van der Waals surface area contributed by atoms with Crippen LogP contribution in [0.4, 0.5) is 0 Å². The minimum atomic E-state index is -0.264. The minimum absolute atomic E-state index is 0.0597. The molecule has 3 rings (SSSR count). The second-order valence-electron chi connectivity index (χ2n) is 7.45. The van der Waals surface area contributed by atoms with Gasteiger partial charge in [-0.3, -0.25) is 14.7 Å². The predicted molar refractivity (Wildman–Crippen MR) is 97.9 cm³/mol. The number of amides is 2. The first kappa shape index (κ1) is 18.0. The van der Waals surface area contributed by atoms with Gasteiger partial charge in [0, 0.05) is 24.1 Å². The van der Waals surface area contributed by atoms with Gasteiger partial charge in [0.05, 0.1) is 18.8 Å². The van der Waals surface area contributed by atoms with Crippen LogP contribution in [0.1, 0.15) is 37.7 Å². The van der Waals surface area contributed by atoms with Crippen molar-refractivity contribution in [3.8, 4) is 17.0 Å². The quantitative estimate of drug-likeness (QED) is 0.879. The number of H-pyrrole nitrogens is 1. The van der Waals surface area contributed by atoms with Crippen molar-refractivity contribution in [1.82, 2.24) is 20.4 Å². The number of benzene rings is 1. The van der Waals surface area contributed by atoms with Crippen molar-refractivity contribution in [1.29, 1.82) is 0 Å². The van der Waals surface area contributed by atoms with Crippen LogP contribution in [0.15, 0.2) is 30.3 Å². The van der Waals surface area contributed by atoms with Gasteiger partial charge in [-0.25, -0.2) is 0 Å². The number of carbonyl (C=O) groups is 2. The maximum atomic E-state index is 12.5. The summed E-state index contributed by atoms with van der Waals surface area (Å²) in [6.07, 6.45) is 0.319. The van der Waals surface area contributed by atoms with E-state index in [1.807, 2.05) is 45.0 Å². The largest absolute Gasteiger partial charge is 0.497 e. The molecule has 1 aliphatic rings.